The van der Waals surface area contributed by atoms with Crippen LogP contribution in [0.15, 0.2) is 23.3 Å². The molecular weight excluding hydrogens is 416 g/mol. The SMILES string of the molecule is CC(C)C(C)C1OC1C(C)C1C(O)CC2(O)C3=CC=C4CC(O)CCC4(C)C3C(=O)CC12C. The smallest absolute Gasteiger partial charge is 0.141 e. The van der Waals surface area contributed by atoms with Crippen molar-refractivity contribution >= 4 is 5.78 Å². The van der Waals surface area contributed by atoms with Gasteiger partial charge in [0.05, 0.1) is 35.9 Å². The van der Waals surface area contributed by atoms with E-state index in [0.29, 0.717) is 24.7 Å². The molecule has 0 aromatic carbocycles. The third-order valence-corrected chi connectivity index (χ3v) is 10.8. The van der Waals surface area contributed by atoms with E-state index in [4.69, 9.17) is 4.74 Å². The van der Waals surface area contributed by atoms with Gasteiger partial charge in [-0.15, -0.1) is 0 Å². The van der Waals surface area contributed by atoms with Crippen LogP contribution in [-0.4, -0.2) is 51.1 Å². The number of allylic oxidation sites excluding steroid dienone is 2. The van der Waals surface area contributed by atoms with E-state index in [0.717, 1.165) is 17.6 Å². The predicted octanol–water partition coefficient (Wildman–Crippen LogP) is 3.81. The fraction of sp³-hybridized carbons (Fsp3) is 0.821. The molecule has 4 fully saturated rings. The summed E-state index contributed by atoms with van der Waals surface area (Å²) in [5.74, 6) is 0.627. The van der Waals surface area contributed by atoms with Crippen LogP contribution in [0.4, 0.5) is 0 Å². The zero-order valence-corrected chi connectivity index (χ0v) is 21.0. The molecule has 184 valence electrons. The maximum Gasteiger partial charge on any atom is 0.141 e. The number of fused-ring (bicyclic) bond motifs is 5. The van der Waals surface area contributed by atoms with Crippen molar-refractivity contribution in [2.75, 3.05) is 0 Å². The van der Waals surface area contributed by atoms with Crippen LogP contribution < -0.4 is 0 Å². The van der Waals surface area contributed by atoms with Gasteiger partial charge in [0.15, 0.2) is 0 Å². The van der Waals surface area contributed by atoms with Crippen LogP contribution >= 0.6 is 0 Å². The Labute approximate surface area is 198 Å². The summed E-state index contributed by atoms with van der Waals surface area (Å²) in [7, 11) is 0. The van der Waals surface area contributed by atoms with Crippen molar-refractivity contribution in [1.29, 1.82) is 0 Å². The maximum atomic E-state index is 13.8. The van der Waals surface area contributed by atoms with Crippen molar-refractivity contribution in [2.24, 2.45) is 40.4 Å². The van der Waals surface area contributed by atoms with Gasteiger partial charge < -0.3 is 20.1 Å². The molecule has 11 atom stereocenters. The Morgan fingerprint density at radius 3 is 2.45 bits per heavy atom. The number of aliphatic hydroxyl groups is 3. The molecule has 3 saturated carbocycles. The summed E-state index contributed by atoms with van der Waals surface area (Å²) in [4.78, 5) is 13.8. The van der Waals surface area contributed by atoms with Gasteiger partial charge in [-0.3, -0.25) is 4.79 Å². The summed E-state index contributed by atoms with van der Waals surface area (Å²) in [6.45, 7) is 12.9. The van der Waals surface area contributed by atoms with E-state index in [1.165, 1.54) is 0 Å². The van der Waals surface area contributed by atoms with Crippen molar-refractivity contribution in [3.05, 3.63) is 23.3 Å². The minimum Gasteiger partial charge on any atom is -0.393 e. The predicted molar refractivity (Wildman–Crippen MR) is 126 cm³/mol. The first kappa shape index (κ1) is 23.7. The lowest BCUT2D eigenvalue weighted by Crippen LogP contribution is -2.59. The Morgan fingerprint density at radius 1 is 1.09 bits per heavy atom. The van der Waals surface area contributed by atoms with Crippen molar-refractivity contribution in [2.45, 2.75) is 104 Å². The maximum absolute atomic E-state index is 13.8. The Morgan fingerprint density at radius 2 is 1.79 bits per heavy atom. The van der Waals surface area contributed by atoms with Gasteiger partial charge >= 0.3 is 0 Å². The molecule has 5 nitrogen and oxygen atoms in total. The normalized spacial score (nSPS) is 50.7. The zero-order valence-electron chi connectivity index (χ0n) is 21.0. The number of rotatable bonds is 4. The third-order valence-electron chi connectivity index (χ3n) is 10.8. The summed E-state index contributed by atoms with van der Waals surface area (Å²) in [5, 5.41) is 33.8. The highest BCUT2D eigenvalue weighted by atomic mass is 16.6. The number of Topliss-reactive ketones (excluding diaryl/α,β-unsaturated/α-hetero) is 1. The molecule has 0 amide bonds. The second kappa shape index (κ2) is 7.49. The van der Waals surface area contributed by atoms with Gasteiger partial charge in [-0.1, -0.05) is 59.3 Å². The van der Waals surface area contributed by atoms with Crippen molar-refractivity contribution in [3.63, 3.8) is 0 Å². The molecule has 1 aliphatic heterocycles. The third kappa shape index (κ3) is 3.15. The first-order valence-electron chi connectivity index (χ1n) is 13.0. The number of hydrogen-bond donors (Lipinski definition) is 3. The minimum absolute atomic E-state index is 0.0604. The van der Waals surface area contributed by atoms with Crippen LogP contribution in [0.5, 0.6) is 0 Å². The van der Waals surface area contributed by atoms with Crippen LogP contribution in [0, 0.1) is 40.4 Å². The summed E-state index contributed by atoms with van der Waals surface area (Å²) < 4.78 is 6.13. The molecular formula is C28H42O5. The molecule has 0 aromatic rings. The molecule has 5 heteroatoms. The number of hydrogen-bond acceptors (Lipinski definition) is 5. The van der Waals surface area contributed by atoms with Gasteiger partial charge in [-0.2, -0.15) is 0 Å². The summed E-state index contributed by atoms with van der Waals surface area (Å²) in [6, 6.07) is 0. The zero-order chi connectivity index (χ0) is 24.1. The molecule has 5 rings (SSSR count). The Balaban J connectivity index is 1.50. The van der Waals surface area contributed by atoms with Crippen molar-refractivity contribution in [3.8, 4) is 0 Å². The number of ketones is 1. The topological polar surface area (TPSA) is 90.3 Å². The molecule has 0 spiro atoms. The van der Waals surface area contributed by atoms with Crippen LogP contribution in [0.3, 0.4) is 0 Å². The van der Waals surface area contributed by atoms with Gasteiger partial charge in [0, 0.05) is 23.7 Å². The monoisotopic (exact) mass is 458 g/mol. The number of carbonyl (C=O) groups is 1. The van der Waals surface area contributed by atoms with Gasteiger partial charge in [0.25, 0.3) is 0 Å². The quantitative estimate of drug-likeness (QED) is 0.558. The highest BCUT2D eigenvalue weighted by molar-refractivity contribution is 5.89. The highest BCUT2D eigenvalue weighted by Gasteiger charge is 2.71. The van der Waals surface area contributed by atoms with E-state index in [9.17, 15) is 20.1 Å². The fourth-order valence-electron chi connectivity index (χ4n) is 8.37. The molecule has 0 aromatic heterocycles. The average molecular weight is 459 g/mol. The van der Waals surface area contributed by atoms with Crippen molar-refractivity contribution < 1.29 is 24.9 Å². The Bertz CT molecular complexity index is 906. The lowest BCUT2D eigenvalue weighted by Gasteiger charge is -2.57. The van der Waals surface area contributed by atoms with E-state index >= 15 is 0 Å². The second-order valence-corrected chi connectivity index (χ2v) is 12.8. The van der Waals surface area contributed by atoms with Gasteiger partial charge in [-0.05, 0) is 48.5 Å². The summed E-state index contributed by atoms with van der Waals surface area (Å²) in [6.07, 6.45) is 5.78. The molecule has 33 heavy (non-hydrogen) atoms. The average Bonchev–Trinajstić information content (AvgIpc) is 3.48. The largest absolute Gasteiger partial charge is 0.393 e. The van der Waals surface area contributed by atoms with E-state index < -0.39 is 17.1 Å². The second-order valence-electron chi connectivity index (χ2n) is 12.8. The Kier molecular flexibility index (Phi) is 5.39. The van der Waals surface area contributed by atoms with Crippen LogP contribution in [0.1, 0.15) is 73.6 Å². The number of carbonyl (C=O) groups excluding carboxylic acids is 1. The summed E-state index contributed by atoms with van der Waals surface area (Å²) >= 11 is 0. The number of epoxide rings is 1. The lowest BCUT2D eigenvalue weighted by molar-refractivity contribution is -0.146. The molecule has 1 heterocycles. The van der Waals surface area contributed by atoms with Crippen molar-refractivity contribution in [1.82, 2.24) is 0 Å². The molecule has 11 unspecified atom stereocenters. The van der Waals surface area contributed by atoms with E-state index in [2.05, 4.69) is 34.6 Å². The molecule has 4 aliphatic carbocycles. The van der Waals surface area contributed by atoms with Gasteiger partial charge in [0.2, 0.25) is 0 Å². The number of ether oxygens (including phenoxy) is 1. The Hall–Kier alpha value is -1.01. The lowest BCUT2D eigenvalue weighted by atomic mass is 9.48. The summed E-state index contributed by atoms with van der Waals surface area (Å²) in [5.41, 5.74) is -0.376. The molecule has 0 bridgehead atoms. The standard InChI is InChI=1S/C28H42O5/c1-14(2)15(3)24-25(33-24)16(4)22-21(31)13-28(32)19-8-7-17-11-18(29)9-10-26(17,5)23(19)20(30)12-27(22,28)6/h7-8,14-16,18,21-25,29,31-32H,9-13H2,1-6H3. The first-order valence-corrected chi connectivity index (χ1v) is 13.0. The van der Waals surface area contributed by atoms with Gasteiger partial charge in [0.1, 0.15) is 5.78 Å². The molecule has 1 saturated heterocycles. The molecule has 5 aliphatic rings. The first-order chi connectivity index (χ1) is 15.3. The van der Waals surface area contributed by atoms with Crippen LogP contribution in [-0.2, 0) is 9.53 Å². The van der Waals surface area contributed by atoms with E-state index in [-0.39, 0.29) is 60.1 Å². The van der Waals surface area contributed by atoms with Gasteiger partial charge in [-0.25, -0.2) is 0 Å². The van der Waals surface area contributed by atoms with Crippen LogP contribution in [0.2, 0.25) is 0 Å². The van der Waals surface area contributed by atoms with E-state index in [1.807, 2.05) is 19.1 Å². The molecule has 3 N–H and O–H groups in total. The van der Waals surface area contributed by atoms with Crippen LogP contribution in [0.25, 0.3) is 0 Å². The van der Waals surface area contributed by atoms with E-state index in [1.54, 1.807) is 0 Å². The number of aliphatic hydroxyl groups excluding tert-OH is 2. The fourth-order valence-corrected chi connectivity index (χ4v) is 8.37. The molecule has 0 radical (unpaired) electrons. The highest BCUT2D eigenvalue weighted by Crippen LogP contribution is 2.67. The minimum atomic E-state index is -1.21.